The van der Waals surface area contributed by atoms with E-state index in [2.05, 4.69) is 9.97 Å². The monoisotopic (exact) mass is 377 g/mol. The standard InChI is InChI=1S/C14H14F3N3O4S/c1-2-25(22,23)11-4-3-6-20(21)13(11)10-8-19-12(9-18-10)24-7-5-14(15,16)17/h3-4,6,8-9H,2,5,7H2,1H3. The lowest BCUT2D eigenvalue weighted by Crippen LogP contribution is -2.31. The molecule has 0 saturated heterocycles. The number of ether oxygens (including phenoxy) is 1. The summed E-state index contributed by atoms with van der Waals surface area (Å²) in [7, 11) is -3.69. The van der Waals surface area contributed by atoms with Crippen molar-refractivity contribution in [2.45, 2.75) is 24.4 Å². The molecule has 2 aromatic heterocycles. The molecule has 2 aromatic rings. The average Bonchev–Trinajstić information content (AvgIpc) is 2.54. The Morgan fingerprint density at radius 2 is 2.00 bits per heavy atom. The van der Waals surface area contributed by atoms with Crippen LogP contribution in [0.3, 0.4) is 0 Å². The Morgan fingerprint density at radius 1 is 1.28 bits per heavy atom. The molecule has 2 rings (SSSR count). The first kappa shape index (κ1) is 18.9. The van der Waals surface area contributed by atoms with Crippen molar-refractivity contribution in [1.29, 1.82) is 0 Å². The zero-order valence-corrected chi connectivity index (χ0v) is 13.8. The number of hydrogen-bond donors (Lipinski definition) is 0. The molecule has 0 aromatic carbocycles. The first-order valence-electron chi connectivity index (χ1n) is 7.11. The van der Waals surface area contributed by atoms with Crippen molar-refractivity contribution in [1.82, 2.24) is 9.97 Å². The molecule has 0 aliphatic carbocycles. The van der Waals surface area contributed by atoms with E-state index in [9.17, 15) is 26.8 Å². The number of aromatic nitrogens is 3. The molecule has 136 valence electrons. The molecule has 0 amide bonds. The zero-order valence-electron chi connectivity index (χ0n) is 13.0. The first-order chi connectivity index (χ1) is 11.6. The second-order valence-electron chi connectivity index (χ2n) is 4.90. The number of halogens is 3. The summed E-state index contributed by atoms with van der Waals surface area (Å²) in [4.78, 5) is 7.44. The second-order valence-corrected chi connectivity index (χ2v) is 7.15. The van der Waals surface area contributed by atoms with E-state index in [1.807, 2.05) is 0 Å². The highest BCUT2D eigenvalue weighted by molar-refractivity contribution is 7.91. The fraction of sp³-hybridized carbons (Fsp3) is 0.357. The Balaban J connectivity index is 2.29. The molecule has 0 aliphatic rings. The number of sulfone groups is 1. The van der Waals surface area contributed by atoms with Gasteiger partial charge in [-0.25, -0.2) is 18.4 Å². The minimum atomic E-state index is -4.35. The van der Waals surface area contributed by atoms with Gasteiger partial charge in [0.2, 0.25) is 5.88 Å². The van der Waals surface area contributed by atoms with E-state index in [1.54, 1.807) is 0 Å². The molecule has 0 atom stereocenters. The van der Waals surface area contributed by atoms with E-state index < -0.39 is 29.0 Å². The lowest BCUT2D eigenvalue weighted by molar-refractivity contribution is -0.595. The van der Waals surface area contributed by atoms with E-state index in [-0.39, 0.29) is 27.9 Å². The molecule has 11 heteroatoms. The predicted octanol–water partition coefficient (Wildman–Crippen LogP) is 1.90. The van der Waals surface area contributed by atoms with Crippen molar-refractivity contribution in [3.63, 3.8) is 0 Å². The molecular weight excluding hydrogens is 363 g/mol. The second kappa shape index (κ2) is 7.21. The van der Waals surface area contributed by atoms with E-state index in [0.29, 0.717) is 4.73 Å². The van der Waals surface area contributed by atoms with Crippen molar-refractivity contribution in [2.24, 2.45) is 0 Å². The number of pyridine rings is 1. The average molecular weight is 377 g/mol. The highest BCUT2D eigenvalue weighted by Gasteiger charge is 2.28. The molecule has 0 N–H and O–H groups in total. The summed E-state index contributed by atoms with van der Waals surface area (Å²) in [5, 5.41) is 12.0. The van der Waals surface area contributed by atoms with Crippen molar-refractivity contribution in [2.75, 3.05) is 12.4 Å². The summed E-state index contributed by atoms with van der Waals surface area (Å²) in [6, 6.07) is 2.57. The quantitative estimate of drug-likeness (QED) is 0.564. The summed E-state index contributed by atoms with van der Waals surface area (Å²) in [6.45, 7) is 0.810. The summed E-state index contributed by atoms with van der Waals surface area (Å²) in [6.07, 6.45) is -2.29. The van der Waals surface area contributed by atoms with Crippen LogP contribution in [0.4, 0.5) is 13.2 Å². The van der Waals surface area contributed by atoms with Gasteiger partial charge in [0, 0.05) is 6.07 Å². The minimum Gasteiger partial charge on any atom is -0.618 e. The largest absolute Gasteiger partial charge is 0.618 e. The van der Waals surface area contributed by atoms with Gasteiger partial charge < -0.3 is 9.94 Å². The fourth-order valence-corrected chi connectivity index (χ4v) is 2.99. The predicted molar refractivity (Wildman–Crippen MR) is 80.3 cm³/mol. The van der Waals surface area contributed by atoms with Crippen molar-refractivity contribution >= 4 is 9.84 Å². The SMILES string of the molecule is CCS(=O)(=O)c1ccc[n+]([O-])c1-c1cnc(OCCC(F)(F)F)cn1. The van der Waals surface area contributed by atoms with Crippen LogP contribution in [0.2, 0.25) is 0 Å². The van der Waals surface area contributed by atoms with Crippen LogP contribution < -0.4 is 9.47 Å². The number of hydrogen-bond acceptors (Lipinski definition) is 6. The molecule has 0 saturated carbocycles. The fourth-order valence-electron chi connectivity index (χ4n) is 1.90. The summed E-state index contributed by atoms with van der Waals surface area (Å²) >= 11 is 0. The van der Waals surface area contributed by atoms with Crippen LogP contribution in [0.15, 0.2) is 35.6 Å². The van der Waals surface area contributed by atoms with E-state index in [0.717, 1.165) is 18.6 Å². The van der Waals surface area contributed by atoms with Gasteiger partial charge in [-0.1, -0.05) is 6.92 Å². The van der Waals surface area contributed by atoms with Gasteiger partial charge >= 0.3 is 6.18 Å². The van der Waals surface area contributed by atoms with Gasteiger partial charge in [-0.2, -0.15) is 17.9 Å². The molecule has 2 heterocycles. The smallest absolute Gasteiger partial charge is 0.392 e. The van der Waals surface area contributed by atoms with E-state index >= 15 is 0 Å². The van der Waals surface area contributed by atoms with Crippen LogP contribution >= 0.6 is 0 Å². The van der Waals surface area contributed by atoms with Gasteiger partial charge in [0.15, 0.2) is 21.7 Å². The Labute approximate surface area is 141 Å². The third-order valence-corrected chi connectivity index (χ3v) is 4.90. The minimum absolute atomic E-state index is 0.0363. The van der Waals surface area contributed by atoms with Gasteiger partial charge in [-0.05, 0) is 6.07 Å². The number of alkyl halides is 3. The van der Waals surface area contributed by atoms with Gasteiger partial charge in [-0.15, -0.1) is 0 Å². The Kier molecular flexibility index (Phi) is 5.45. The van der Waals surface area contributed by atoms with Crippen LogP contribution in [0.25, 0.3) is 11.4 Å². The van der Waals surface area contributed by atoms with Crippen LogP contribution in [0.1, 0.15) is 13.3 Å². The molecule has 0 aliphatic heterocycles. The molecule has 0 fully saturated rings. The van der Waals surface area contributed by atoms with Gasteiger partial charge in [-0.3, -0.25) is 0 Å². The molecule has 25 heavy (non-hydrogen) atoms. The van der Waals surface area contributed by atoms with Crippen molar-refractivity contribution < 1.29 is 31.1 Å². The summed E-state index contributed by atoms with van der Waals surface area (Å²) < 4.78 is 65.6. The summed E-state index contributed by atoms with van der Waals surface area (Å²) in [5.41, 5.74) is -0.246. The zero-order chi connectivity index (χ0) is 18.7. The molecule has 0 radical (unpaired) electrons. The third kappa shape index (κ3) is 4.78. The Hall–Kier alpha value is -2.43. The molecule has 0 bridgehead atoms. The third-order valence-electron chi connectivity index (χ3n) is 3.14. The van der Waals surface area contributed by atoms with Crippen molar-refractivity contribution in [3.05, 3.63) is 35.9 Å². The number of nitrogens with zero attached hydrogens (tertiary/aromatic N) is 3. The van der Waals surface area contributed by atoms with Gasteiger partial charge in [0.1, 0.15) is 4.90 Å². The lowest BCUT2D eigenvalue weighted by atomic mass is 10.3. The maximum absolute atomic E-state index is 12.1. The van der Waals surface area contributed by atoms with Crippen LogP contribution in [-0.4, -0.2) is 36.9 Å². The molecule has 0 unspecified atom stereocenters. The van der Waals surface area contributed by atoms with E-state index in [4.69, 9.17) is 4.74 Å². The summed E-state index contributed by atoms with van der Waals surface area (Å²) in [5.74, 6) is -0.378. The molecular formula is C14H14F3N3O4S. The van der Waals surface area contributed by atoms with Crippen molar-refractivity contribution in [3.8, 4) is 17.3 Å². The Bertz CT molecular complexity index is 839. The van der Waals surface area contributed by atoms with Gasteiger partial charge in [0.05, 0.1) is 31.2 Å². The first-order valence-corrected chi connectivity index (χ1v) is 8.76. The van der Waals surface area contributed by atoms with Crippen LogP contribution in [0.5, 0.6) is 5.88 Å². The molecule has 7 nitrogen and oxygen atoms in total. The maximum Gasteiger partial charge on any atom is 0.392 e. The lowest BCUT2D eigenvalue weighted by Gasteiger charge is -2.10. The highest BCUT2D eigenvalue weighted by Crippen LogP contribution is 2.24. The normalized spacial score (nSPS) is 12.2. The maximum atomic E-state index is 12.1. The van der Waals surface area contributed by atoms with Crippen LogP contribution in [0, 0.1) is 5.21 Å². The number of rotatable bonds is 6. The van der Waals surface area contributed by atoms with E-state index in [1.165, 1.54) is 19.1 Å². The molecule has 0 spiro atoms. The van der Waals surface area contributed by atoms with Crippen LogP contribution in [-0.2, 0) is 9.84 Å². The van der Waals surface area contributed by atoms with Gasteiger partial charge in [0.25, 0.3) is 5.69 Å². The topological polar surface area (TPSA) is 96.1 Å². The Morgan fingerprint density at radius 3 is 2.56 bits per heavy atom. The highest BCUT2D eigenvalue weighted by atomic mass is 32.2.